The molecule has 2 amide bonds. The molecule has 1 heterocycles. The Labute approximate surface area is 154 Å². The van der Waals surface area contributed by atoms with E-state index in [2.05, 4.69) is 5.32 Å². The normalized spacial score (nSPS) is 14.7. The molecule has 0 aliphatic carbocycles. The van der Waals surface area contributed by atoms with E-state index in [0.717, 1.165) is 31.5 Å². The molecule has 1 fully saturated rings. The molecule has 3 rings (SSSR count). The number of amides is 2. The van der Waals surface area contributed by atoms with Crippen molar-refractivity contribution in [1.29, 1.82) is 0 Å². The molecule has 0 spiro atoms. The molecule has 0 bridgehead atoms. The maximum atomic E-state index is 12.9. The van der Waals surface area contributed by atoms with Crippen LogP contribution in [-0.2, 0) is 11.2 Å². The highest BCUT2D eigenvalue weighted by atomic mass is 16.5. The zero-order valence-electron chi connectivity index (χ0n) is 15.0. The number of rotatable bonds is 6. The monoisotopic (exact) mass is 352 g/mol. The van der Waals surface area contributed by atoms with Crippen LogP contribution in [0.4, 0.5) is 0 Å². The van der Waals surface area contributed by atoms with Gasteiger partial charge < -0.3 is 15.0 Å². The maximum absolute atomic E-state index is 12.9. The first-order valence-electron chi connectivity index (χ1n) is 8.95. The van der Waals surface area contributed by atoms with E-state index >= 15 is 0 Å². The summed E-state index contributed by atoms with van der Waals surface area (Å²) in [6, 6.07) is 16.1. The number of hydrogen-bond donors (Lipinski definition) is 1. The number of hydrogen-bond acceptors (Lipinski definition) is 3. The number of methoxy groups -OCH3 is 1. The third-order valence-electron chi connectivity index (χ3n) is 4.64. The van der Waals surface area contributed by atoms with Crippen LogP contribution in [0.15, 0.2) is 54.6 Å². The molecule has 5 heteroatoms. The van der Waals surface area contributed by atoms with Crippen molar-refractivity contribution in [3.8, 4) is 5.75 Å². The molecule has 1 aliphatic heterocycles. The lowest BCUT2D eigenvalue weighted by molar-refractivity contribution is -0.132. The highest BCUT2D eigenvalue weighted by Crippen LogP contribution is 2.15. The molecule has 2 aromatic rings. The molecule has 1 atom stereocenters. The Hall–Kier alpha value is -2.82. The van der Waals surface area contributed by atoms with Crippen LogP contribution in [0.1, 0.15) is 28.8 Å². The molecular formula is C21H24N2O3. The van der Waals surface area contributed by atoms with Crippen LogP contribution in [0, 0.1) is 0 Å². The number of ether oxygens (including phenoxy) is 1. The maximum Gasteiger partial charge on any atom is 0.252 e. The van der Waals surface area contributed by atoms with Crippen LogP contribution in [0.25, 0.3) is 0 Å². The second-order valence-electron chi connectivity index (χ2n) is 6.48. The van der Waals surface area contributed by atoms with Crippen molar-refractivity contribution in [1.82, 2.24) is 10.2 Å². The number of carbonyl (C=O) groups is 2. The SMILES string of the molecule is COc1cccc(C(=O)N[C@@H](Cc2ccccc2)C(=O)N2CCCC2)c1. The van der Waals surface area contributed by atoms with E-state index in [1.165, 1.54) is 0 Å². The first-order valence-corrected chi connectivity index (χ1v) is 8.95. The van der Waals surface area contributed by atoms with Crippen molar-refractivity contribution < 1.29 is 14.3 Å². The van der Waals surface area contributed by atoms with Gasteiger partial charge in [-0.15, -0.1) is 0 Å². The topological polar surface area (TPSA) is 58.6 Å². The number of benzene rings is 2. The molecule has 1 N–H and O–H groups in total. The minimum atomic E-state index is -0.575. The molecule has 0 aromatic heterocycles. The fourth-order valence-corrected chi connectivity index (χ4v) is 3.21. The molecular weight excluding hydrogens is 328 g/mol. The quantitative estimate of drug-likeness (QED) is 0.869. The predicted octanol–water partition coefficient (Wildman–Crippen LogP) is 2.66. The smallest absolute Gasteiger partial charge is 0.252 e. The van der Waals surface area contributed by atoms with Gasteiger partial charge in [0, 0.05) is 25.1 Å². The van der Waals surface area contributed by atoms with E-state index < -0.39 is 6.04 Å². The van der Waals surface area contributed by atoms with Crippen LogP contribution >= 0.6 is 0 Å². The zero-order chi connectivity index (χ0) is 18.4. The van der Waals surface area contributed by atoms with Crippen molar-refractivity contribution in [2.45, 2.75) is 25.3 Å². The summed E-state index contributed by atoms with van der Waals surface area (Å²) in [7, 11) is 1.56. The average molecular weight is 352 g/mol. The molecule has 26 heavy (non-hydrogen) atoms. The Balaban J connectivity index is 1.77. The van der Waals surface area contributed by atoms with Gasteiger partial charge in [0.2, 0.25) is 5.91 Å². The van der Waals surface area contributed by atoms with Crippen LogP contribution in [0.2, 0.25) is 0 Å². The summed E-state index contributed by atoms with van der Waals surface area (Å²) in [5.74, 6) is 0.336. The van der Waals surface area contributed by atoms with Gasteiger partial charge in [-0.05, 0) is 36.6 Å². The highest BCUT2D eigenvalue weighted by Gasteiger charge is 2.28. The van der Waals surface area contributed by atoms with Crippen molar-refractivity contribution in [2.24, 2.45) is 0 Å². The molecule has 2 aromatic carbocycles. The Bertz CT molecular complexity index is 755. The fraction of sp³-hybridized carbons (Fsp3) is 0.333. The number of carbonyl (C=O) groups excluding carboxylic acids is 2. The van der Waals surface area contributed by atoms with Gasteiger partial charge in [-0.2, -0.15) is 0 Å². The fourth-order valence-electron chi connectivity index (χ4n) is 3.21. The summed E-state index contributed by atoms with van der Waals surface area (Å²) < 4.78 is 5.18. The van der Waals surface area contributed by atoms with Gasteiger partial charge in [0.15, 0.2) is 0 Å². The van der Waals surface area contributed by atoms with Crippen molar-refractivity contribution in [3.63, 3.8) is 0 Å². The predicted molar refractivity (Wildman–Crippen MR) is 100 cm³/mol. The van der Waals surface area contributed by atoms with Gasteiger partial charge >= 0.3 is 0 Å². The Morgan fingerprint density at radius 2 is 1.81 bits per heavy atom. The first kappa shape index (κ1) is 18.0. The van der Waals surface area contributed by atoms with E-state index in [1.807, 2.05) is 35.2 Å². The van der Waals surface area contributed by atoms with Crippen LogP contribution < -0.4 is 10.1 Å². The van der Waals surface area contributed by atoms with Crippen LogP contribution in [-0.4, -0.2) is 43.0 Å². The van der Waals surface area contributed by atoms with Crippen LogP contribution in [0.5, 0.6) is 5.75 Å². The van der Waals surface area contributed by atoms with Gasteiger partial charge in [-0.3, -0.25) is 9.59 Å². The Kier molecular flexibility index (Phi) is 5.89. The standard InChI is InChI=1S/C21H24N2O3/c1-26-18-11-7-10-17(15-18)20(24)22-19(14-16-8-3-2-4-9-16)21(25)23-12-5-6-13-23/h2-4,7-11,15,19H,5-6,12-14H2,1H3,(H,22,24)/t19-/m0/s1. The van der Waals surface area contributed by atoms with Gasteiger partial charge in [-0.25, -0.2) is 0 Å². The van der Waals surface area contributed by atoms with Gasteiger partial charge in [-0.1, -0.05) is 36.4 Å². The summed E-state index contributed by atoms with van der Waals surface area (Å²) in [6.45, 7) is 1.53. The molecule has 136 valence electrons. The Morgan fingerprint density at radius 1 is 1.08 bits per heavy atom. The van der Waals surface area contributed by atoms with Gasteiger partial charge in [0.25, 0.3) is 5.91 Å². The summed E-state index contributed by atoms with van der Waals surface area (Å²) in [5, 5.41) is 2.92. The van der Waals surface area contributed by atoms with Crippen molar-refractivity contribution in [3.05, 3.63) is 65.7 Å². The molecule has 5 nitrogen and oxygen atoms in total. The summed E-state index contributed by atoms with van der Waals surface area (Å²) in [4.78, 5) is 27.5. The van der Waals surface area contributed by atoms with Crippen molar-refractivity contribution >= 4 is 11.8 Å². The number of likely N-dealkylation sites (tertiary alicyclic amines) is 1. The average Bonchev–Trinajstić information content (AvgIpc) is 3.22. The molecule has 1 saturated heterocycles. The van der Waals surface area contributed by atoms with Crippen molar-refractivity contribution in [2.75, 3.05) is 20.2 Å². The molecule has 0 unspecified atom stereocenters. The van der Waals surface area contributed by atoms with Gasteiger partial charge in [0.05, 0.1) is 7.11 Å². The lowest BCUT2D eigenvalue weighted by atomic mass is 10.0. The largest absolute Gasteiger partial charge is 0.497 e. The molecule has 1 aliphatic rings. The number of nitrogens with one attached hydrogen (secondary N) is 1. The van der Waals surface area contributed by atoms with E-state index in [1.54, 1.807) is 31.4 Å². The number of nitrogens with zero attached hydrogens (tertiary/aromatic N) is 1. The highest BCUT2D eigenvalue weighted by molar-refractivity contribution is 5.98. The lowest BCUT2D eigenvalue weighted by Gasteiger charge is -2.24. The molecule has 0 saturated carbocycles. The van der Waals surface area contributed by atoms with E-state index in [4.69, 9.17) is 4.74 Å². The third kappa shape index (κ3) is 4.42. The summed E-state index contributed by atoms with van der Waals surface area (Å²) in [6.07, 6.45) is 2.52. The molecule has 0 radical (unpaired) electrons. The van der Waals surface area contributed by atoms with E-state index in [-0.39, 0.29) is 11.8 Å². The first-order chi connectivity index (χ1) is 12.7. The second-order valence-corrected chi connectivity index (χ2v) is 6.48. The Morgan fingerprint density at radius 3 is 2.50 bits per heavy atom. The summed E-state index contributed by atoms with van der Waals surface area (Å²) >= 11 is 0. The summed E-state index contributed by atoms with van der Waals surface area (Å²) in [5.41, 5.74) is 1.51. The van der Waals surface area contributed by atoms with E-state index in [9.17, 15) is 9.59 Å². The minimum absolute atomic E-state index is 0.0115. The lowest BCUT2D eigenvalue weighted by Crippen LogP contribution is -2.49. The zero-order valence-corrected chi connectivity index (χ0v) is 15.0. The van der Waals surface area contributed by atoms with Gasteiger partial charge in [0.1, 0.15) is 11.8 Å². The second kappa shape index (κ2) is 8.52. The van der Waals surface area contributed by atoms with Crippen LogP contribution in [0.3, 0.4) is 0 Å². The third-order valence-corrected chi connectivity index (χ3v) is 4.64. The minimum Gasteiger partial charge on any atom is -0.497 e. The van der Waals surface area contributed by atoms with E-state index in [0.29, 0.717) is 17.7 Å².